The maximum Gasteiger partial charge on any atom is 0.411 e. The van der Waals surface area contributed by atoms with Crippen molar-refractivity contribution in [2.45, 2.75) is 18.6 Å². The predicted molar refractivity (Wildman–Crippen MR) is 64.9 cm³/mol. The molecule has 1 N–H and O–H groups in total. The first-order valence-electron chi connectivity index (χ1n) is 4.62. The van der Waals surface area contributed by atoms with Gasteiger partial charge in [-0.2, -0.15) is 12.6 Å². The molecule has 0 heterocycles. The maximum atomic E-state index is 10.8. The van der Waals surface area contributed by atoms with Crippen molar-refractivity contribution in [3.8, 4) is 0 Å². The molecule has 4 heteroatoms. The van der Waals surface area contributed by atoms with E-state index in [0.717, 1.165) is 5.56 Å². The number of hydrogen-bond acceptors (Lipinski definition) is 2. The van der Waals surface area contributed by atoms with Gasteiger partial charge in [0, 0.05) is 17.5 Å². The molecule has 0 unspecified atom stereocenters. The van der Waals surface area contributed by atoms with Gasteiger partial charge in [0.15, 0.2) is 0 Å². The van der Waals surface area contributed by atoms with Crippen LogP contribution in [0.2, 0.25) is 0 Å². The van der Waals surface area contributed by atoms with Crippen LogP contribution in [0, 0.1) is 0 Å². The smallest absolute Gasteiger partial charge is 0.411 e. The Bertz CT molecular complexity index is 371. The van der Waals surface area contributed by atoms with Crippen molar-refractivity contribution >= 4 is 24.4 Å². The van der Waals surface area contributed by atoms with Crippen LogP contribution >= 0.6 is 12.6 Å². The van der Waals surface area contributed by atoms with E-state index in [2.05, 4.69) is 12.6 Å². The van der Waals surface area contributed by atoms with E-state index in [0.29, 0.717) is 5.69 Å². The van der Waals surface area contributed by atoms with Crippen molar-refractivity contribution in [2.24, 2.45) is 0 Å². The number of anilines is 1. The van der Waals surface area contributed by atoms with Crippen LogP contribution in [0.5, 0.6) is 0 Å². The lowest BCUT2D eigenvalue weighted by molar-refractivity contribution is 0.203. The van der Waals surface area contributed by atoms with E-state index in [1.165, 1.54) is 11.9 Å². The van der Waals surface area contributed by atoms with Crippen molar-refractivity contribution in [3.05, 3.63) is 29.8 Å². The topological polar surface area (TPSA) is 40.5 Å². The lowest BCUT2D eigenvalue weighted by Crippen LogP contribution is -2.24. The van der Waals surface area contributed by atoms with E-state index in [-0.39, 0.29) is 4.75 Å². The average Bonchev–Trinajstić information content (AvgIpc) is 2.15. The van der Waals surface area contributed by atoms with Gasteiger partial charge in [-0.25, -0.2) is 4.79 Å². The Hall–Kier alpha value is -1.16. The summed E-state index contributed by atoms with van der Waals surface area (Å²) in [5.74, 6) is 0. The lowest BCUT2D eigenvalue weighted by atomic mass is 10.0. The molecule has 1 aromatic rings. The van der Waals surface area contributed by atoms with Gasteiger partial charge in [0.2, 0.25) is 0 Å². The molecule has 0 bridgehead atoms. The van der Waals surface area contributed by atoms with Crippen molar-refractivity contribution in [2.75, 3.05) is 11.9 Å². The second-order valence-electron chi connectivity index (χ2n) is 3.95. The molecule has 1 amide bonds. The molecule has 3 nitrogen and oxygen atoms in total. The molecule has 0 spiro atoms. The summed E-state index contributed by atoms with van der Waals surface area (Å²) in [4.78, 5) is 12.0. The zero-order valence-electron chi connectivity index (χ0n) is 9.06. The summed E-state index contributed by atoms with van der Waals surface area (Å²) in [6.07, 6.45) is -0.968. The van der Waals surface area contributed by atoms with E-state index in [1.807, 2.05) is 32.0 Å². The van der Waals surface area contributed by atoms with E-state index < -0.39 is 6.09 Å². The molecule has 0 aromatic heterocycles. The summed E-state index contributed by atoms with van der Waals surface area (Å²) < 4.78 is -0.268. The fourth-order valence-corrected chi connectivity index (χ4v) is 1.34. The summed E-state index contributed by atoms with van der Waals surface area (Å²) in [6.45, 7) is 3.94. The molecule has 0 radical (unpaired) electrons. The molecule has 0 aliphatic heterocycles. The molecule has 0 aliphatic rings. The van der Waals surface area contributed by atoms with Crippen LogP contribution < -0.4 is 4.90 Å². The number of carboxylic acid groups (broad SMARTS) is 1. The van der Waals surface area contributed by atoms with E-state index in [9.17, 15) is 4.79 Å². The Morgan fingerprint density at radius 2 is 2.07 bits per heavy atom. The monoisotopic (exact) mass is 225 g/mol. The van der Waals surface area contributed by atoms with Gasteiger partial charge < -0.3 is 5.11 Å². The van der Waals surface area contributed by atoms with Gasteiger partial charge in [0.25, 0.3) is 0 Å². The predicted octanol–water partition coefficient (Wildman–Crippen LogP) is 2.97. The molecule has 0 saturated heterocycles. The lowest BCUT2D eigenvalue weighted by Gasteiger charge is -2.21. The maximum absolute atomic E-state index is 10.8. The van der Waals surface area contributed by atoms with Crippen LogP contribution in [-0.2, 0) is 4.75 Å². The Labute approximate surface area is 95.1 Å². The van der Waals surface area contributed by atoms with Gasteiger partial charge in [-0.3, -0.25) is 4.90 Å². The molecule has 1 rings (SSSR count). The summed E-state index contributed by atoms with van der Waals surface area (Å²) in [7, 11) is 1.52. The molecular formula is C11H15NO2S. The van der Waals surface area contributed by atoms with Gasteiger partial charge in [-0.15, -0.1) is 0 Å². The van der Waals surface area contributed by atoms with Crippen LogP contribution in [0.15, 0.2) is 24.3 Å². The van der Waals surface area contributed by atoms with Gasteiger partial charge in [0.05, 0.1) is 0 Å². The summed E-state index contributed by atoms with van der Waals surface area (Å²) >= 11 is 4.45. The first kappa shape index (κ1) is 11.9. The molecule has 15 heavy (non-hydrogen) atoms. The van der Waals surface area contributed by atoms with Gasteiger partial charge >= 0.3 is 6.09 Å². The summed E-state index contributed by atoms with van der Waals surface area (Å²) in [5, 5.41) is 8.84. The van der Waals surface area contributed by atoms with Crippen LogP contribution in [0.25, 0.3) is 0 Å². The van der Waals surface area contributed by atoms with Crippen molar-refractivity contribution in [3.63, 3.8) is 0 Å². The number of amides is 1. The Morgan fingerprint density at radius 1 is 1.47 bits per heavy atom. The first-order chi connectivity index (χ1) is 6.82. The van der Waals surface area contributed by atoms with Crippen molar-refractivity contribution < 1.29 is 9.90 Å². The summed E-state index contributed by atoms with van der Waals surface area (Å²) in [6, 6.07) is 7.37. The normalized spacial score (nSPS) is 11.2. The average molecular weight is 225 g/mol. The third-order valence-electron chi connectivity index (χ3n) is 2.23. The van der Waals surface area contributed by atoms with Crippen LogP contribution in [-0.4, -0.2) is 18.2 Å². The van der Waals surface area contributed by atoms with Gasteiger partial charge in [-0.1, -0.05) is 12.1 Å². The Balaban J connectivity index is 3.08. The zero-order chi connectivity index (χ0) is 11.6. The molecular weight excluding hydrogens is 210 g/mol. The standard InChI is InChI=1S/C11H15NO2S/c1-11(2,15)8-5-4-6-9(7-8)12(3)10(13)14/h4-7,15H,1-3H3,(H,13,14). The highest BCUT2D eigenvalue weighted by molar-refractivity contribution is 7.81. The molecule has 0 fully saturated rings. The SMILES string of the molecule is CN(C(=O)O)c1cccc(C(C)(C)S)c1. The van der Waals surface area contributed by atoms with E-state index in [4.69, 9.17) is 5.11 Å². The molecule has 0 aliphatic carbocycles. The number of nitrogens with zero attached hydrogens (tertiary/aromatic N) is 1. The number of hydrogen-bond donors (Lipinski definition) is 2. The minimum absolute atomic E-state index is 0.268. The number of benzene rings is 1. The second kappa shape index (κ2) is 4.14. The quantitative estimate of drug-likeness (QED) is 0.760. The third kappa shape index (κ3) is 2.89. The molecule has 0 saturated carbocycles. The number of rotatable bonds is 2. The van der Waals surface area contributed by atoms with Crippen LogP contribution in [0.3, 0.4) is 0 Å². The van der Waals surface area contributed by atoms with E-state index >= 15 is 0 Å². The highest BCUT2D eigenvalue weighted by Crippen LogP contribution is 2.29. The zero-order valence-corrected chi connectivity index (χ0v) is 9.95. The third-order valence-corrected chi connectivity index (χ3v) is 2.49. The minimum atomic E-state index is -0.968. The van der Waals surface area contributed by atoms with Gasteiger partial charge in [0.1, 0.15) is 0 Å². The van der Waals surface area contributed by atoms with Crippen LogP contribution in [0.1, 0.15) is 19.4 Å². The highest BCUT2D eigenvalue weighted by atomic mass is 32.1. The van der Waals surface area contributed by atoms with E-state index in [1.54, 1.807) is 6.07 Å². The largest absolute Gasteiger partial charge is 0.465 e. The molecule has 82 valence electrons. The molecule has 1 aromatic carbocycles. The summed E-state index contributed by atoms with van der Waals surface area (Å²) in [5.41, 5.74) is 1.65. The fraction of sp³-hybridized carbons (Fsp3) is 0.364. The second-order valence-corrected chi connectivity index (χ2v) is 5.07. The Kier molecular flexibility index (Phi) is 3.29. The fourth-order valence-electron chi connectivity index (χ4n) is 1.21. The first-order valence-corrected chi connectivity index (χ1v) is 5.06. The molecule has 0 atom stereocenters. The van der Waals surface area contributed by atoms with Crippen LogP contribution in [0.4, 0.5) is 10.5 Å². The van der Waals surface area contributed by atoms with Gasteiger partial charge in [-0.05, 0) is 31.5 Å². The van der Waals surface area contributed by atoms with Crippen molar-refractivity contribution in [1.82, 2.24) is 0 Å². The number of thiol groups is 1. The Morgan fingerprint density at radius 3 is 2.53 bits per heavy atom. The minimum Gasteiger partial charge on any atom is -0.465 e. The number of carbonyl (C=O) groups is 1. The highest BCUT2D eigenvalue weighted by Gasteiger charge is 2.16. The van der Waals surface area contributed by atoms with Crippen molar-refractivity contribution in [1.29, 1.82) is 0 Å².